The van der Waals surface area contributed by atoms with E-state index in [4.69, 9.17) is 0 Å². The van der Waals surface area contributed by atoms with Crippen LogP contribution in [0.2, 0.25) is 0 Å². The molecule has 0 spiro atoms. The number of aliphatic hydroxyl groups is 2. The Bertz CT molecular complexity index is 558. The van der Waals surface area contributed by atoms with E-state index in [1.807, 2.05) is 12.2 Å². The third kappa shape index (κ3) is 1.72. The molecule has 0 radical (unpaired) electrons. The molecule has 0 aromatic rings. The lowest BCUT2D eigenvalue weighted by atomic mass is 9.53. The summed E-state index contributed by atoms with van der Waals surface area (Å²) in [6.45, 7) is 4.62. The van der Waals surface area contributed by atoms with Gasteiger partial charge in [0.2, 0.25) is 0 Å². The maximum atomic E-state index is 10.3. The first-order valence-corrected chi connectivity index (χ1v) is 8.41. The molecule has 0 heterocycles. The minimum absolute atomic E-state index is 0.0138. The summed E-state index contributed by atoms with van der Waals surface area (Å²) in [4.78, 5) is 0. The van der Waals surface area contributed by atoms with Crippen molar-refractivity contribution in [3.63, 3.8) is 0 Å². The first-order valence-electron chi connectivity index (χ1n) is 8.41. The molecule has 0 aromatic heterocycles. The van der Waals surface area contributed by atoms with Crippen molar-refractivity contribution in [1.29, 1.82) is 0 Å². The Morgan fingerprint density at radius 1 is 1.10 bits per heavy atom. The predicted octanol–water partition coefficient (Wildman–Crippen LogP) is 3.37. The minimum atomic E-state index is -0.286. The van der Waals surface area contributed by atoms with E-state index in [0.29, 0.717) is 11.8 Å². The Balaban J connectivity index is 1.80. The second kappa shape index (κ2) is 4.33. The van der Waals surface area contributed by atoms with E-state index in [9.17, 15) is 10.2 Å². The van der Waals surface area contributed by atoms with Crippen LogP contribution in [0.4, 0.5) is 0 Å². The van der Waals surface area contributed by atoms with Crippen LogP contribution in [0.5, 0.6) is 0 Å². The van der Waals surface area contributed by atoms with Crippen LogP contribution in [0, 0.1) is 22.7 Å². The van der Waals surface area contributed by atoms with Crippen molar-refractivity contribution >= 4 is 0 Å². The monoisotopic (exact) mass is 286 g/mol. The van der Waals surface area contributed by atoms with Crippen LogP contribution in [-0.4, -0.2) is 22.4 Å². The molecular weight excluding hydrogens is 260 g/mol. The molecule has 6 atom stereocenters. The van der Waals surface area contributed by atoms with Gasteiger partial charge < -0.3 is 10.2 Å². The molecule has 2 N–H and O–H groups in total. The van der Waals surface area contributed by atoms with E-state index in [1.54, 1.807) is 11.1 Å². The zero-order chi connectivity index (χ0) is 14.8. The van der Waals surface area contributed by atoms with Crippen molar-refractivity contribution in [2.75, 3.05) is 0 Å². The van der Waals surface area contributed by atoms with E-state index in [-0.39, 0.29) is 23.0 Å². The van der Waals surface area contributed by atoms with Crippen LogP contribution >= 0.6 is 0 Å². The van der Waals surface area contributed by atoms with Gasteiger partial charge in [0.1, 0.15) is 0 Å². The van der Waals surface area contributed by atoms with Gasteiger partial charge in [-0.25, -0.2) is 0 Å². The third-order valence-corrected chi connectivity index (χ3v) is 7.00. The third-order valence-electron chi connectivity index (χ3n) is 7.00. The molecule has 4 aliphatic carbocycles. The Labute approximate surface area is 127 Å². The zero-order valence-corrected chi connectivity index (χ0v) is 13.0. The summed E-state index contributed by atoms with van der Waals surface area (Å²) in [7, 11) is 0. The molecule has 0 bridgehead atoms. The number of fused-ring (bicyclic) bond motifs is 4. The quantitative estimate of drug-likeness (QED) is 0.670. The summed E-state index contributed by atoms with van der Waals surface area (Å²) in [6, 6.07) is 0. The second-order valence-corrected chi connectivity index (χ2v) is 8.00. The van der Waals surface area contributed by atoms with E-state index in [2.05, 4.69) is 26.0 Å². The molecule has 0 saturated heterocycles. The molecule has 4 aliphatic rings. The fourth-order valence-corrected chi connectivity index (χ4v) is 5.48. The SMILES string of the molecule is C[C@]12C=CC(O)CC1CCC1=C2CC[C@]2(C)C(O)C=C[C@@H]12. The van der Waals surface area contributed by atoms with Gasteiger partial charge in [0.25, 0.3) is 0 Å². The average molecular weight is 286 g/mol. The number of allylic oxidation sites excluding steroid dienone is 4. The van der Waals surface area contributed by atoms with Gasteiger partial charge in [-0.15, -0.1) is 0 Å². The molecule has 114 valence electrons. The predicted molar refractivity (Wildman–Crippen MR) is 83.6 cm³/mol. The topological polar surface area (TPSA) is 40.5 Å². The van der Waals surface area contributed by atoms with Gasteiger partial charge in [0.15, 0.2) is 0 Å². The van der Waals surface area contributed by atoms with Crippen LogP contribution in [0.15, 0.2) is 35.5 Å². The van der Waals surface area contributed by atoms with Crippen LogP contribution in [0.25, 0.3) is 0 Å². The Kier molecular flexibility index (Phi) is 2.84. The Morgan fingerprint density at radius 3 is 2.71 bits per heavy atom. The van der Waals surface area contributed by atoms with Gasteiger partial charge in [-0.1, -0.05) is 49.3 Å². The van der Waals surface area contributed by atoms with E-state index in [0.717, 1.165) is 25.7 Å². The van der Waals surface area contributed by atoms with Gasteiger partial charge in [0, 0.05) is 16.7 Å². The summed E-state index contributed by atoms with van der Waals surface area (Å²) in [6.07, 6.45) is 13.4. The largest absolute Gasteiger partial charge is 0.389 e. The number of hydrogen-bond acceptors (Lipinski definition) is 2. The van der Waals surface area contributed by atoms with Gasteiger partial charge in [-0.3, -0.25) is 0 Å². The van der Waals surface area contributed by atoms with Crippen LogP contribution in [-0.2, 0) is 0 Å². The first kappa shape index (κ1) is 13.8. The highest BCUT2D eigenvalue weighted by Gasteiger charge is 2.52. The van der Waals surface area contributed by atoms with Gasteiger partial charge >= 0.3 is 0 Å². The average Bonchev–Trinajstić information content (AvgIpc) is 2.76. The highest BCUT2D eigenvalue weighted by Crippen LogP contribution is 2.60. The van der Waals surface area contributed by atoms with Crippen LogP contribution in [0.3, 0.4) is 0 Å². The fourth-order valence-electron chi connectivity index (χ4n) is 5.48. The zero-order valence-electron chi connectivity index (χ0n) is 13.0. The van der Waals surface area contributed by atoms with Gasteiger partial charge in [0.05, 0.1) is 12.2 Å². The standard InChI is InChI=1S/C19H26O2/c1-18-9-7-13(20)11-12(18)3-4-14-15-5-6-17(21)19(15,2)10-8-16(14)18/h5-7,9,12-13,15,17,20-21H,3-4,8,10-11H2,1-2H3/t12?,13?,15-,17?,18-,19-/m0/s1. The lowest BCUT2D eigenvalue weighted by Crippen LogP contribution is -2.44. The van der Waals surface area contributed by atoms with Crippen LogP contribution in [0.1, 0.15) is 46.0 Å². The van der Waals surface area contributed by atoms with Crippen molar-refractivity contribution in [2.24, 2.45) is 22.7 Å². The number of rotatable bonds is 0. The normalized spacial score (nSPS) is 51.6. The summed E-state index contributed by atoms with van der Waals surface area (Å²) in [5.41, 5.74) is 3.36. The Hall–Kier alpha value is -0.860. The molecule has 0 saturated carbocycles. The molecule has 2 heteroatoms. The molecule has 0 fully saturated rings. The molecule has 4 rings (SSSR count). The van der Waals surface area contributed by atoms with Crippen molar-refractivity contribution in [3.8, 4) is 0 Å². The van der Waals surface area contributed by atoms with E-state index in [1.165, 1.54) is 6.42 Å². The first-order chi connectivity index (χ1) is 9.95. The maximum Gasteiger partial charge on any atom is 0.0783 e. The summed E-state index contributed by atoms with van der Waals surface area (Å²) >= 11 is 0. The molecule has 21 heavy (non-hydrogen) atoms. The summed E-state index contributed by atoms with van der Waals surface area (Å²) in [5.74, 6) is 1.00. The lowest BCUT2D eigenvalue weighted by Gasteiger charge is -2.52. The summed E-state index contributed by atoms with van der Waals surface area (Å²) in [5, 5.41) is 20.3. The fraction of sp³-hybridized carbons (Fsp3) is 0.684. The van der Waals surface area contributed by atoms with E-state index < -0.39 is 0 Å². The van der Waals surface area contributed by atoms with Crippen molar-refractivity contribution in [2.45, 2.75) is 58.2 Å². The minimum Gasteiger partial charge on any atom is -0.389 e. The molecule has 2 nitrogen and oxygen atoms in total. The lowest BCUT2D eigenvalue weighted by molar-refractivity contribution is 0.0416. The van der Waals surface area contributed by atoms with Gasteiger partial charge in [-0.2, -0.15) is 0 Å². The Morgan fingerprint density at radius 2 is 1.90 bits per heavy atom. The smallest absolute Gasteiger partial charge is 0.0783 e. The molecule has 0 aromatic carbocycles. The van der Waals surface area contributed by atoms with E-state index >= 15 is 0 Å². The molecule has 3 unspecified atom stereocenters. The second-order valence-electron chi connectivity index (χ2n) is 8.00. The maximum absolute atomic E-state index is 10.3. The number of hydrogen-bond donors (Lipinski definition) is 2. The summed E-state index contributed by atoms with van der Waals surface area (Å²) < 4.78 is 0. The highest BCUT2D eigenvalue weighted by atomic mass is 16.3. The molecule has 0 amide bonds. The van der Waals surface area contributed by atoms with Crippen molar-refractivity contribution in [1.82, 2.24) is 0 Å². The molecular formula is C19H26O2. The van der Waals surface area contributed by atoms with Gasteiger partial charge in [-0.05, 0) is 38.0 Å². The highest BCUT2D eigenvalue weighted by molar-refractivity contribution is 5.41. The number of aliphatic hydroxyl groups excluding tert-OH is 2. The van der Waals surface area contributed by atoms with Crippen LogP contribution < -0.4 is 0 Å². The molecule has 0 aliphatic heterocycles. The van der Waals surface area contributed by atoms with Crippen molar-refractivity contribution in [3.05, 3.63) is 35.5 Å². The van der Waals surface area contributed by atoms with Crippen molar-refractivity contribution < 1.29 is 10.2 Å².